The van der Waals surface area contributed by atoms with E-state index in [0.29, 0.717) is 31.3 Å². The van der Waals surface area contributed by atoms with Crippen LogP contribution in [-0.4, -0.2) is 46.3 Å². The van der Waals surface area contributed by atoms with E-state index < -0.39 is 0 Å². The van der Waals surface area contributed by atoms with Crippen molar-refractivity contribution in [2.24, 2.45) is 11.8 Å². The van der Waals surface area contributed by atoms with Gasteiger partial charge in [-0.05, 0) is 23.8 Å². The molecule has 1 amide bonds. The minimum absolute atomic E-state index is 0.168. The molecule has 19 heavy (non-hydrogen) atoms. The Morgan fingerprint density at radius 2 is 2.21 bits per heavy atom. The van der Waals surface area contributed by atoms with Crippen LogP contribution in [0.1, 0.15) is 26.7 Å². The molecule has 1 unspecified atom stereocenters. The molecule has 0 aliphatic carbocycles. The Balaban J connectivity index is 2.00. The van der Waals surface area contributed by atoms with Crippen molar-refractivity contribution in [2.45, 2.75) is 38.8 Å². The molecule has 0 spiro atoms. The largest absolute Gasteiger partial charge is 0.329 e. The van der Waals surface area contributed by atoms with Crippen molar-refractivity contribution in [3.63, 3.8) is 0 Å². The Morgan fingerprint density at radius 1 is 1.42 bits per heavy atom. The highest BCUT2D eigenvalue weighted by atomic mass is 16.5. The lowest BCUT2D eigenvalue weighted by Crippen LogP contribution is -2.53. The van der Waals surface area contributed by atoms with Gasteiger partial charge in [0.25, 0.3) is 0 Å². The van der Waals surface area contributed by atoms with Crippen molar-refractivity contribution in [2.75, 3.05) is 13.1 Å². The SMILES string of the molecule is CC(C)[C@H]1C2=CC3[C@H](CCC(=O)N31)CN(O)C/C=C/2. The van der Waals surface area contributed by atoms with Gasteiger partial charge < -0.3 is 10.1 Å². The summed E-state index contributed by atoms with van der Waals surface area (Å²) < 4.78 is 0. The predicted octanol–water partition coefficient (Wildman–Crippen LogP) is 1.82. The predicted molar refractivity (Wildman–Crippen MR) is 72.6 cm³/mol. The van der Waals surface area contributed by atoms with Gasteiger partial charge in [0, 0.05) is 19.5 Å². The zero-order chi connectivity index (χ0) is 13.6. The van der Waals surface area contributed by atoms with Gasteiger partial charge in [-0.25, -0.2) is 0 Å². The van der Waals surface area contributed by atoms with Crippen LogP contribution in [-0.2, 0) is 4.79 Å². The maximum absolute atomic E-state index is 12.3. The van der Waals surface area contributed by atoms with Gasteiger partial charge in [-0.15, -0.1) is 0 Å². The van der Waals surface area contributed by atoms with Crippen LogP contribution in [0.5, 0.6) is 0 Å². The summed E-state index contributed by atoms with van der Waals surface area (Å²) in [4.78, 5) is 14.4. The van der Waals surface area contributed by atoms with Gasteiger partial charge in [0.15, 0.2) is 0 Å². The maximum atomic E-state index is 12.3. The van der Waals surface area contributed by atoms with Crippen molar-refractivity contribution in [1.82, 2.24) is 9.96 Å². The summed E-state index contributed by atoms with van der Waals surface area (Å²) in [5, 5.41) is 11.2. The highest BCUT2D eigenvalue weighted by Crippen LogP contribution is 2.39. The first kappa shape index (κ1) is 12.9. The van der Waals surface area contributed by atoms with E-state index in [1.165, 1.54) is 10.6 Å². The van der Waals surface area contributed by atoms with E-state index in [-0.39, 0.29) is 18.0 Å². The number of hydrogen-bond donors (Lipinski definition) is 1. The van der Waals surface area contributed by atoms with E-state index in [1.807, 2.05) is 6.08 Å². The van der Waals surface area contributed by atoms with Crippen molar-refractivity contribution in [3.05, 3.63) is 23.8 Å². The number of amides is 1. The molecule has 0 radical (unpaired) electrons. The second-order valence-electron chi connectivity index (χ2n) is 6.22. The van der Waals surface area contributed by atoms with Gasteiger partial charge in [-0.2, -0.15) is 5.06 Å². The highest BCUT2D eigenvalue weighted by molar-refractivity contribution is 5.79. The first-order chi connectivity index (χ1) is 9.08. The van der Waals surface area contributed by atoms with Crippen LogP contribution in [0.25, 0.3) is 0 Å². The molecule has 0 aromatic heterocycles. The number of carbonyl (C=O) groups is 1. The second-order valence-corrected chi connectivity index (χ2v) is 6.22. The molecule has 1 N–H and O–H groups in total. The zero-order valence-electron chi connectivity index (χ0n) is 11.6. The van der Waals surface area contributed by atoms with Crippen LogP contribution in [0.4, 0.5) is 0 Å². The van der Waals surface area contributed by atoms with E-state index in [4.69, 9.17) is 0 Å². The third-order valence-corrected chi connectivity index (χ3v) is 4.53. The van der Waals surface area contributed by atoms with Crippen LogP contribution in [0.2, 0.25) is 0 Å². The first-order valence-electron chi connectivity index (χ1n) is 7.21. The molecule has 1 fully saturated rings. The summed E-state index contributed by atoms with van der Waals surface area (Å²) in [6.07, 6.45) is 7.83. The average Bonchev–Trinajstić information content (AvgIpc) is 2.75. The summed E-state index contributed by atoms with van der Waals surface area (Å²) in [5.41, 5.74) is 1.25. The van der Waals surface area contributed by atoms with E-state index >= 15 is 0 Å². The quantitative estimate of drug-likeness (QED) is 0.784. The summed E-state index contributed by atoms with van der Waals surface area (Å²) >= 11 is 0. The molecule has 3 aliphatic rings. The van der Waals surface area contributed by atoms with Gasteiger partial charge in [-0.1, -0.05) is 32.1 Å². The molecule has 4 heteroatoms. The summed E-state index contributed by atoms with van der Waals surface area (Å²) in [5.74, 6) is 1.04. The standard InChI is InChI=1S/C15H22N2O2/c1-10(2)15-11-4-3-7-16(19)9-12-5-6-14(18)17(15)13(12)8-11/h3-4,8,10,12-13,15,19H,5-7,9H2,1-2H3/b4-3+/t12-,13?,15+/m1/s1. The summed E-state index contributed by atoms with van der Waals surface area (Å²) in [7, 11) is 0. The lowest BCUT2D eigenvalue weighted by atomic mass is 9.88. The lowest BCUT2D eigenvalue weighted by molar-refractivity contribution is -0.144. The summed E-state index contributed by atoms with van der Waals surface area (Å²) in [6, 6.07) is 0.378. The number of nitrogens with zero attached hydrogens (tertiary/aromatic N) is 2. The van der Waals surface area contributed by atoms with Crippen LogP contribution < -0.4 is 0 Å². The molecule has 0 aromatic rings. The lowest BCUT2D eigenvalue weighted by Gasteiger charge is -2.42. The molecule has 2 bridgehead atoms. The normalized spacial score (nSPS) is 36.8. The van der Waals surface area contributed by atoms with Crippen molar-refractivity contribution in [3.8, 4) is 0 Å². The first-order valence-corrected chi connectivity index (χ1v) is 7.21. The second kappa shape index (κ2) is 4.76. The fraction of sp³-hybridized carbons (Fsp3) is 0.667. The van der Waals surface area contributed by atoms with Crippen molar-refractivity contribution < 1.29 is 10.0 Å². The van der Waals surface area contributed by atoms with Crippen LogP contribution in [0, 0.1) is 11.8 Å². The molecule has 0 saturated carbocycles. The molecule has 3 heterocycles. The number of hydrogen-bond acceptors (Lipinski definition) is 3. The molecular formula is C15H22N2O2. The monoisotopic (exact) mass is 262 g/mol. The smallest absolute Gasteiger partial charge is 0.223 e. The van der Waals surface area contributed by atoms with Crippen LogP contribution in [0.3, 0.4) is 0 Å². The van der Waals surface area contributed by atoms with E-state index in [1.54, 1.807) is 0 Å². The van der Waals surface area contributed by atoms with E-state index in [0.717, 1.165) is 6.42 Å². The Labute approximate surface area is 114 Å². The Hall–Kier alpha value is -1.13. The van der Waals surface area contributed by atoms with Crippen LogP contribution in [0.15, 0.2) is 23.8 Å². The Morgan fingerprint density at radius 3 is 2.95 bits per heavy atom. The van der Waals surface area contributed by atoms with Crippen molar-refractivity contribution >= 4 is 5.91 Å². The third-order valence-electron chi connectivity index (χ3n) is 4.53. The number of carbonyl (C=O) groups excluding carboxylic acids is 1. The molecular weight excluding hydrogens is 240 g/mol. The minimum Gasteiger partial charge on any atom is -0.329 e. The average molecular weight is 262 g/mol. The van der Waals surface area contributed by atoms with Crippen LogP contribution >= 0.6 is 0 Å². The third kappa shape index (κ3) is 2.13. The van der Waals surface area contributed by atoms with Gasteiger partial charge >= 0.3 is 0 Å². The van der Waals surface area contributed by atoms with E-state index in [2.05, 4.69) is 30.9 Å². The van der Waals surface area contributed by atoms with Gasteiger partial charge in [0.2, 0.25) is 5.91 Å². The molecule has 3 atom stereocenters. The highest BCUT2D eigenvalue weighted by Gasteiger charge is 2.45. The minimum atomic E-state index is 0.168. The van der Waals surface area contributed by atoms with Gasteiger partial charge in [0.05, 0.1) is 12.1 Å². The molecule has 0 aromatic carbocycles. The number of hydroxylamine groups is 2. The number of rotatable bonds is 1. The number of piperidine rings is 1. The Kier molecular flexibility index (Phi) is 3.23. The van der Waals surface area contributed by atoms with E-state index in [9.17, 15) is 10.0 Å². The van der Waals surface area contributed by atoms with Gasteiger partial charge in [0.1, 0.15) is 0 Å². The summed E-state index contributed by atoms with van der Waals surface area (Å²) in [6.45, 7) is 5.57. The zero-order valence-corrected chi connectivity index (χ0v) is 11.6. The molecule has 3 rings (SSSR count). The fourth-order valence-electron chi connectivity index (χ4n) is 3.73. The maximum Gasteiger partial charge on any atom is 0.223 e. The molecule has 104 valence electrons. The van der Waals surface area contributed by atoms with Gasteiger partial charge in [-0.3, -0.25) is 4.79 Å². The molecule has 3 aliphatic heterocycles. The molecule has 4 nitrogen and oxygen atoms in total. The topological polar surface area (TPSA) is 43.8 Å². The fourth-order valence-corrected chi connectivity index (χ4v) is 3.73. The Bertz CT molecular complexity index is 441. The molecule has 1 saturated heterocycles. The van der Waals surface area contributed by atoms with Crippen molar-refractivity contribution in [1.29, 1.82) is 0 Å².